The van der Waals surface area contributed by atoms with Crippen molar-refractivity contribution < 1.29 is 32.2 Å². The van der Waals surface area contributed by atoms with Gasteiger partial charge < -0.3 is 9.84 Å². The van der Waals surface area contributed by atoms with Gasteiger partial charge in [-0.3, -0.25) is 9.69 Å². The van der Waals surface area contributed by atoms with Crippen molar-refractivity contribution in [1.29, 1.82) is 0 Å². The molecular formula is C30H29F4NO3. The van der Waals surface area contributed by atoms with Gasteiger partial charge in [0.25, 0.3) is 0 Å². The number of methoxy groups -OCH3 is 1. The van der Waals surface area contributed by atoms with Crippen molar-refractivity contribution in [3.63, 3.8) is 0 Å². The molecule has 4 rings (SSSR count). The zero-order valence-corrected chi connectivity index (χ0v) is 21.2. The smallest absolute Gasteiger partial charge is 0.417 e. The Morgan fingerprint density at radius 1 is 1.11 bits per heavy atom. The van der Waals surface area contributed by atoms with Gasteiger partial charge in [-0.15, -0.1) is 0 Å². The number of aliphatic carboxylic acids is 1. The first kappa shape index (κ1) is 27.4. The lowest BCUT2D eigenvalue weighted by Crippen LogP contribution is -2.44. The molecular weight excluding hydrogens is 498 g/mol. The lowest BCUT2D eigenvalue weighted by molar-refractivity contribution is -0.145. The van der Waals surface area contributed by atoms with E-state index in [2.05, 4.69) is 0 Å². The van der Waals surface area contributed by atoms with E-state index in [1.165, 1.54) is 7.11 Å². The normalized spacial score (nSPS) is 16.9. The summed E-state index contributed by atoms with van der Waals surface area (Å²) in [6.07, 6.45) is -1.83. The number of nitrogens with zero attached hydrogens (tertiary/aromatic N) is 1. The molecule has 1 heterocycles. The van der Waals surface area contributed by atoms with E-state index in [1.807, 2.05) is 36.4 Å². The zero-order chi connectivity index (χ0) is 27.4. The number of hydrogen-bond donors (Lipinski definition) is 1. The number of carboxylic acids is 1. The minimum absolute atomic E-state index is 0.0485. The van der Waals surface area contributed by atoms with Crippen LogP contribution in [0.15, 0.2) is 60.7 Å². The Labute approximate surface area is 219 Å². The summed E-state index contributed by atoms with van der Waals surface area (Å²) in [5.41, 5.74) is 1.35. The van der Waals surface area contributed by atoms with E-state index in [-0.39, 0.29) is 17.9 Å². The van der Waals surface area contributed by atoms with E-state index in [0.717, 1.165) is 47.7 Å². The quantitative estimate of drug-likeness (QED) is 0.254. The molecule has 3 aromatic carbocycles. The van der Waals surface area contributed by atoms with E-state index in [1.54, 1.807) is 24.0 Å². The van der Waals surface area contributed by atoms with E-state index in [0.29, 0.717) is 18.5 Å². The summed E-state index contributed by atoms with van der Waals surface area (Å²) in [6.45, 7) is 2.19. The highest BCUT2D eigenvalue weighted by Crippen LogP contribution is 2.41. The number of rotatable bonds is 7. The van der Waals surface area contributed by atoms with Crippen LogP contribution in [-0.4, -0.2) is 35.7 Å². The Bertz CT molecular complexity index is 1340. The van der Waals surface area contributed by atoms with Crippen LogP contribution < -0.4 is 4.74 Å². The van der Waals surface area contributed by atoms with Crippen LogP contribution in [0.2, 0.25) is 0 Å². The molecule has 1 atom stereocenters. The maximum atomic E-state index is 15.6. The molecule has 0 radical (unpaired) electrons. The van der Waals surface area contributed by atoms with E-state index >= 15 is 4.39 Å². The van der Waals surface area contributed by atoms with Crippen LogP contribution in [0.5, 0.6) is 5.75 Å². The van der Waals surface area contributed by atoms with Crippen LogP contribution >= 0.6 is 0 Å². The highest BCUT2D eigenvalue weighted by molar-refractivity contribution is 5.83. The van der Waals surface area contributed by atoms with E-state index in [4.69, 9.17) is 4.74 Å². The molecule has 0 aliphatic carbocycles. The van der Waals surface area contributed by atoms with Crippen molar-refractivity contribution >= 4 is 17.9 Å². The third kappa shape index (κ3) is 5.91. The molecule has 1 aliphatic heterocycles. The summed E-state index contributed by atoms with van der Waals surface area (Å²) >= 11 is 0. The predicted octanol–water partition coefficient (Wildman–Crippen LogP) is 7.60. The van der Waals surface area contributed by atoms with Crippen LogP contribution in [0.25, 0.3) is 23.0 Å². The second kappa shape index (κ2) is 11.4. The van der Waals surface area contributed by atoms with Gasteiger partial charge in [0.15, 0.2) is 0 Å². The summed E-state index contributed by atoms with van der Waals surface area (Å²) < 4.78 is 63.5. The van der Waals surface area contributed by atoms with Crippen molar-refractivity contribution in [3.8, 4) is 16.9 Å². The first-order valence-corrected chi connectivity index (χ1v) is 12.4. The fourth-order valence-electron chi connectivity index (χ4n) is 5.00. The van der Waals surface area contributed by atoms with Crippen molar-refractivity contribution in [2.45, 2.75) is 44.9 Å². The molecule has 1 aliphatic rings. The van der Waals surface area contributed by atoms with Gasteiger partial charge in [0.2, 0.25) is 0 Å². The molecule has 1 N–H and O–H groups in total. The lowest BCUT2D eigenvalue weighted by Gasteiger charge is -2.33. The van der Waals surface area contributed by atoms with E-state index < -0.39 is 35.1 Å². The minimum atomic E-state index is -4.84. The molecule has 0 bridgehead atoms. The number of hydrogen-bond acceptors (Lipinski definition) is 3. The molecule has 0 aromatic heterocycles. The number of ether oxygens (including phenoxy) is 1. The van der Waals surface area contributed by atoms with Crippen molar-refractivity contribution in [3.05, 3.63) is 88.5 Å². The van der Waals surface area contributed by atoms with Crippen molar-refractivity contribution in [2.24, 2.45) is 0 Å². The average molecular weight is 528 g/mol. The molecule has 3 aromatic rings. The molecule has 0 spiro atoms. The van der Waals surface area contributed by atoms with Gasteiger partial charge in [0.05, 0.1) is 12.7 Å². The maximum Gasteiger partial charge on any atom is 0.417 e. The molecule has 1 unspecified atom stereocenters. The van der Waals surface area contributed by atoms with Crippen LogP contribution in [0.4, 0.5) is 17.6 Å². The highest BCUT2D eigenvalue weighted by atomic mass is 19.4. The maximum absolute atomic E-state index is 15.6. The molecule has 1 fully saturated rings. The Morgan fingerprint density at radius 3 is 2.50 bits per heavy atom. The van der Waals surface area contributed by atoms with Gasteiger partial charge in [-0.25, -0.2) is 4.39 Å². The number of alkyl halides is 3. The molecule has 200 valence electrons. The largest absolute Gasteiger partial charge is 0.496 e. The number of likely N-dealkylation sites (tertiary alicyclic amines) is 1. The average Bonchev–Trinajstić information content (AvgIpc) is 2.89. The SMILES string of the molecule is COc1cc(/C(F)=C/c2cccc(-c3ccccc3)c2C)c(C(F)(F)F)cc1CN1CCCCC1C(=O)O. The standard InChI is InChI=1S/C30H29F4NO3/c1-19-21(11-8-12-23(19)20-9-4-3-5-10-20)16-26(31)24-17-28(38-2)22(15-25(24)30(32,33)34)18-35-14-7-6-13-27(35)29(36)37/h3-5,8-12,15-17,27H,6-7,13-14,18H2,1-2H3,(H,36,37)/b26-16-. The van der Waals surface area contributed by atoms with E-state index in [9.17, 15) is 23.1 Å². The first-order chi connectivity index (χ1) is 18.1. The van der Waals surface area contributed by atoms with Gasteiger partial charge in [-0.2, -0.15) is 13.2 Å². The Morgan fingerprint density at radius 2 is 1.84 bits per heavy atom. The number of piperidine rings is 1. The fraction of sp³-hybridized carbons (Fsp3) is 0.300. The third-order valence-corrected chi connectivity index (χ3v) is 7.00. The van der Waals surface area contributed by atoms with Crippen LogP contribution in [0.3, 0.4) is 0 Å². The Hall–Kier alpha value is -3.65. The van der Waals surface area contributed by atoms with Gasteiger partial charge in [0, 0.05) is 17.7 Å². The molecule has 8 heteroatoms. The minimum Gasteiger partial charge on any atom is -0.496 e. The monoisotopic (exact) mass is 527 g/mol. The van der Waals surface area contributed by atoms with Gasteiger partial charge in [0.1, 0.15) is 17.6 Å². The lowest BCUT2D eigenvalue weighted by atomic mass is 9.94. The number of carboxylic acid groups (broad SMARTS) is 1. The molecule has 1 saturated heterocycles. The van der Waals surface area contributed by atoms with Crippen LogP contribution in [0.1, 0.15) is 47.1 Å². The van der Waals surface area contributed by atoms with Gasteiger partial charge in [-0.05, 0) is 66.8 Å². The first-order valence-electron chi connectivity index (χ1n) is 12.4. The summed E-state index contributed by atoms with van der Waals surface area (Å²) in [4.78, 5) is 13.3. The molecule has 4 nitrogen and oxygen atoms in total. The highest BCUT2D eigenvalue weighted by Gasteiger charge is 2.37. The third-order valence-electron chi connectivity index (χ3n) is 7.00. The topological polar surface area (TPSA) is 49.8 Å². The van der Waals surface area contributed by atoms with Crippen molar-refractivity contribution in [2.75, 3.05) is 13.7 Å². The number of carbonyl (C=O) groups is 1. The number of benzene rings is 3. The predicted molar refractivity (Wildman–Crippen MR) is 139 cm³/mol. The number of halogens is 4. The molecule has 0 amide bonds. The molecule has 38 heavy (non-hydrogen) atoms. The van der Waals surface area contributed by atoms with Gasteiger partial charge in [-0.1, -0.05) is 55.0 Å². The fourth-order valence-corrected chi connectivity index (χ4v) is 5.00. The van der Waals surface area contributed by atoms with Crippen LogP contribution in [0, 0.1) is 6.92 Å². The summed E-state index contributed by atoms with van der Waals surface area (Å²) in [5, 5.41) is 9.56. The second-order valence-corrected chi connectivity index (χ2v) is 9.41. The summed E-state index contributed by atoms with van der Waals surface area (Å²) in [7, 11) is 1.30. The summed E-state index contributed by atoms with van der Waals surface area (Å²) in [5.74, 6) is -1.99. The second-order valence-electron chi connectivity index (χ2n) is 9.41. The van der Waals surface area contributed by atoms with Crippen LogP contribution in [-0.2, 0) is 17.5 Å². The molecule has 0 saturated carbocycles. The zero-order valence-electron chi connectivity index (χ0n) is 21.2. The van der Waals surface area contributed by atoms with Gasteiger partial charge >= 0.3 is 12.1 Å². The summed E-state index contributed by atoms with van der Waals surface area (Å²) in [6, 6.07) is 15.9. The van der Waals surface area contributed by atoms with Crippen molar-refractivity contribution in [1.82, 2.24) is 4.90 Å². The Balaban J connectivity index is 1.76. The Kier molecular flexibility index (Phi) is 8.21.